The number of nitrogens with one attached hydrogen (secondary N) is 1. The minimum Gasteiger partial charge on any atom is -0.493 e. The minimum atomic E-state index is -5.08. The molecule has 0 unspecified atom stereocenters. The van der Waals surface area contributed by atoms with Gasteiger partial charge < -0.3 is 24.5 Å². The Bertz CT molecular complexity index is 1610. The van der Waals surface area contributed by atoms with Crippen LogP contribution in [0.3, 0.4) is 0 Å². The fourth-order valence-electron chi connectivity index (χ4n) is 5.71. The van der Waals surface area contributed by atoms with Gasteiger partial charge in [-0.3, -0.25) is 14.5 Å². The van der Waals surface area contributed by atoms with Crippen LogP contribution in [-0.2, 0) is 17.5 Å². The first-order valence-corrected chi connectivity index (χ1v) is 14.6. The van der Waals surface area contributed by atoms with E-state index in [2.05, 4.69) is 11.0 Å². The molecule has 2 fully saturated rings. The van der Waals surface area contributed by atoms with Crippen molar-refractivity contribution in [3.63, 3.8) is 0 Å². The summed E-state index contributed by atoms with van der Waals surface area (Å²) in [6, 6.07) is 17.4. The number of halogens is 6. The van der Waals surface area contributed by atoms with Gasteiger partial charge in [-0.15, -0.1) is 0 Å². The molecule has 0 saturated carbocycles. The van der Waals surface area contributed by atoms with Crippen LogP contribution in [0.25, 0.3) is 0 Å². The maximum atomic E-state index is 13.4. The smallest absolute Gasteiger partial charge is 0.490 e. The number of para-hydroxylation sites is 3. The summed E-state index contributed by atoms with van der Waals surface area (Å²) in [4.78, 5) is 39.0. The summed E-state index contributed by atoms with van der Waals surface area (Å²) >= 11 is 0. The third kappa shape index (κ3) is 9.05. The number of amides is 1. The van der Waals surface area contributed by atoms with E-state index in [9.17, 15) is 35.9 Å². The molecule has 2 saturated heterocycles. The molecule has 3 heterocycles. The Morgan fingerprint density at radius 3 is 1.91 bits per heavy atom. The van der Waals surface area contributed by atoms with Crippen LogP contribution < -0.4 is 15.0 Å². The van der Waals surface area contributed by atoms with Crippen LogP contribution in [0.4, 0.5) is 26.3 Å². The van der Waals surface area contributed by atoms with Gasteiger partial charge in [0.2, 0.25) is 5.56 Å². The number of benzene rings is 2. The predicted molar refractivity (Wildman–Crippen MR) is 157 cm³/mol. The first kappa shape index (κ1) is 35.3. The van der Waals surface area contributed by atoms with Crippen molar-refractivity contribution in [1.82, 2.24) is 14.8 Å². The van der Waals surface area contributed by atoms with E-state index in [4.69, 9.17) is 19.4 Å². The standard InChI is InChI=1S/C30H32F3N3O4.C2HF3O2/c1-39-24-8-4-5-9-25(24)40-23-7-3-2-6-21(23)20-35-16-12-29(13-17-35)14-18-36(19-15-29)28(38)22-10-11-26(37)34-27(22)30(31,32)33;3-2(4,5)1(6)7/h2-11H,12-20H2,1H3,(H,34,37);(H,6,7). The molecule has 9 nitrogen and oxygen atoms in total. The van der Waals surface area contributed by atoms with Gasteiger partial charge in [0.25, 0.3) is 5.91 Å². The highest BCUT2D eigenvalue weighted by Gasteiger charge is 2.41. The molecule has 3 aromatic rings. The van der Waals surface area contributed by atoms with Crippen LogP contribution in [0.15, 0.2) is 65.5 Å². The molecule has 2 N–H and O–H groups in total. The Morgan fingerprint density at radius 2 is 1.36 bits per heavy atom. The van der Waals surface area contributed by atoms with Crippen molar-refractivity contribution in [3.05, 3.63) is 87.8 Å². The fourth-order valence-corrected chi connectivity index (χ4v) is 5.71. The third-order valence-electron chi connectivity index (χ3n) is 8.36. The van der Waals surface area contributed by atoms with Gasteiger partial charge >= 0.3 is 18.3 Å². The van der Waals surface area contributed by atoms with Crippen LogP contribution >= 0.6 is 0 Å². The van der Waals surface area contributed by atoms with Crippen molar-refractivity contribution in [3.8, 4) is 17.2 Å². The molecule has 0 aliphatic carbocycles. The molecule has 1 spiro atoms. The van der Waals surface area contributed by atoms with Gasteiger partial charge in [-0.1, -0.05) is 30.3 Å². The molecule has 1 aromatic heterocycles. The zero-order chi connectivity index (χ0) is 34.4. The average molecular weight is 670 g/mol. The Hall–Kier alpha value is -4.53. The van der Waals surface area contributed by atoms with E-state index in [1.54, 1.807) is 12.1 Å². The number of carbonyl (C=O) groups is 2. The van der Waals surface area contributed by atoms with Crippen LogP contribution in [0.5, 0.6) is 17.2 Å². The number of H-pyrrole nitrogens is 1. The van der Waals surface area contributed by atoms with Gasteiger partial charge in [0.15, 0.2) is 11.5 Å². The Morgan fingerprint density at radius 1 is 0.830 bits per heavy atom. The van der Waals surface area contributed by atoms with Gasteiger partial charge in [0.1, 0.15) is 11.4 Å². The molecule has 5 rings (SSSR count). The first-order chi connectivity index (χ1) is 22.1. The Labute approximate surface area is 265 Å². The second kappa shape index (κ2) is 14.5. The zero-order valence-corrected chi connectivity index (χ0v) is 25.3. The molecular formula is C32H33F6N3O6. The molecule has 0 radical (unpaired) electrons. The van der Waals surface area contributed by atoms with Gasteiger partial charge in [-0.2, -0.15) is 26.3 Å². The summed E-state index contributed by atoms with van der Waals surface area (Å²) in [5, 5.41) is 7.12. The number of rotatable bonds is 6. The van der Waals surface area contributed by atoms with Crippen LogP contribution in [0.2, 0.25) is 0 Å². The lowest BCUT2D eigenvalue weighted by Gasteiger charge is -2.47. The predicted octanol–water partition coefficient (Wildman–Crippen LogP) is 6.35. The summed E-state index contributed by atoms with van der Waals surface area (Å²) in [7, 11) is 1.61. The van der Waals surface area contributed by atoms with Gasteiger partial charge in [0.05, 0.1) is 12.7 Å². The number of aromatic nitrogens is 1. The Kier molecular flexibility index (Phi) is 10.9. The maximum absolute atomic E-state index is 13.4. The Balaban J connectivity index is 0.000000644. The number of alkyl halides is 6. The number of hydrogen-bond acceptors (Lipinski definition) is 6. The van der Waals surface area contributed by atoms with Crippen molar-refractivity contribution in [1.29, 1.82) is 0 Å². The number of methoxy groups -OCH3 is 1. The SMILES string of the molecule is COc1ccccc1Oc1ccccc1CN1CCC2(CC1)CCN(C(=O)c1ccc(=O)[nH]c1C(F)(F)F)CC2.O=C(O)C(F)(F)F. The highest BCUT2D eigenvalue weighted by molar-refractivity contribution is 5.95. The third-order valence-corrected chi connectivity index (χ3v) is 8.36. The van der Waals surface area contributed by atoms with E-state index in [0.29, 0.717) is 24.6 Å². The number of carbonyl (C=O) groups excluding carboxylic acids is 1. The second-order valence-corrected chi connectivity index (χ2v) is 11.3. The summed E-state index contributed by atoms with van der Waals surface area (Å²) in [6.45, 7) is 3.29. The summed E-state index contributed by atoms with van der Waals surface area (Å²) in [5.41, 5.74) is -1.53. The van der Waals surface area contributed by atoms with E-state index < -0.39 is 41.0 Å². The quantitative estimate of drug-likeness (QED) is 0.295. The number of piperidine rings is 2. The fraction of sp³-hybridized carbons (Fsp3) is 0.406. The molecule has 15 heteroatoms. The highest BCUT2D eigenvalue weighted by atomic mass is 19.4. The number of hydrogen-bond donors (Lipinski definition) is 2. The topological polar surface area (TPSA) is 112 Å². The lowest BCUT2D eigenvalue weighted by atomic mass is 9.71. The lowest BCUT2D eigenvalue weighted by molar-refractivity contribution is -0.192. The van der Waals surface area contributed by atoms with E-state index in [-0.39, 0.29) is 5.41 Å². The summed E-state index contributed by atoms with van der Waals surface area (Å²) in [5.74, 6) is -1.35. The zero-order valence-electron chi connectivity index (χ0n) is 25.3. The molecule has 1 amide bonds. The van der Waals surface area contributed by atoms with Crippen LogP contribution in [0, 0.1) is 5.41 Å². The van der Waals surface area contributed by atoms with E-state index >= 15 is 0 Å². The minimum absolute atomic E-state index is 0.0680. The van der Waals surface area contributed by atoms with Crippen molar-refractivity contribution in [2.75, 3.05) is 33.3 Å². The number of carboxylic acids is 1. The van der Waals surface area contributed by atoms with Crippen molar-refractivity contribution >= 4 is 11.9 Å². The monoisotopic (exact) mass is 669 g/mol. The number of aromatic amines is 1. The van der Waals surface area contributed by atoms with E-state index in [1.807, 2.05) is 42.5 Å². The number of likely N-dealkylation sites (tertiary alicyclic amines) is 2. The number of nitrogens with zero attached hydrogens (tertiary/aromatic N) is 2. The molecule has 254 valence electrons. The first-order valence-electron chi connectivity index (χ1n) is 14.6. The molecule has 2 aromatic carbocycles. The molecule has 0 atom stereocenters. The van der Waals surface area contributed by atoms with Gasteiger partial charge in [-0.05, 0) is 68.5 Å². The maximum Gasteiger partial charge on any atom is 0.490 e. The number of pyridine rings is 1. The molecule has 2 aliphatic heterocycles. The van der Waals surface area contributed by atoms with Crippen molar-refractivity contribution in [2.45, 2.75) is 44.6 Å². The second-order valence-electron chi connectivity index (χ2n) is 11.3. The lowest BCUT2D eigenvalue weighted by Crippen LogP contribution is -2.48. The van der Waals surface area contributed by atoms with Crippen molar-refractivity contribution in [2.24, 2.45) is 5.41 Å². The summed E-state index contributed by atoms with van der Waals surface area (Å²) < 4.78 is 83.7. The molecule has 47 heavy (non-hydrogen) atoms. The van der Waals surface area contributed by atoms with Gasteiger partial charge in [-0.25, -0.2) is 4.79 Å². The highest BCUT2D eigenvalue weighted by Crippen LogP contribution is 2.42. The molecular weight excluding hydrogens is 636 g/mol. The van der Waals surface area contributed by atoms with E-state index in [1.165, 1.54) is 4.90 Å². The molecule has 2 aliphatic rings. The van der Waals surface area contributed by atoms with Crippen LogP contribution in [0.1, 0.15) is 47.3 Å². The number of carboxylic acid groups (broad SMARTS) is 1. The van der Waals surface area contributed by atoms with E-state index in [0.717, 1.165) is 68.8 Å². The molecule has 0 bridgehead atoms. The van der Waals surface area contributed by atoms with Crippen molar-refractivity contribution < 1.29 is 50.5 Å². The van der Waals surface area contributed by atoms with Crippen LogP contribution in [-0.4, -0.2) is 71.2 Å². The average Bonchev–Trinajstić information content (AvgIpc) is 3.03. The number of ether oxygens (including phenoxy) is 2. The normalized spacial score (nSPS) is 16.6. The van der Waals surface area contributed by atoms with Gasteiger partial charge in [0, 0.05) is 31.3 Å². The number of aliphatic carboxylic acids is 1. The summed E-state index contributed by atoms with van der Waals surface area (Å²) in [6.07, 6.45) is -6.50. The largest absolute Gasteiger partial charge is 0.493 e.